The highest BCUT2D eigenvalue weighted by molar-refractivity contribution is 5.92. The van der Waals surface area contributed by atoms with Crippen molar-refractivity contribution in [1.82, 2.24) is 15.1 Å². The predicted octanol–water partition coefficient (Wildman–Crippen LogP) is -0.0967. The molecule has 0 radical (unpaired) electrons. The van der Waals surface area contributed by atoms with E-state index in [4.69, 9.17) is 5.73 Å². The van der Waals surface area contributed by atoms with Gasteiger partial charge in [0.15, 0.2) is 0 Å². The quantitative estimate of drug-likeness (QED) is 0.661. The molecule has 0 aliphatic carbocycles. The average Bonchev–Trinajstić information content (AvgIpc) is 2.78. The number of aliphatic hydroxyl groups excluding tert-OH is 1. The predicted molar refractivity (Wildman–Crippen MR) is 69.3 cm³/mol. The highest BCUT2D eigenvalue weighted by Crippen LogP contribution is 2.05. The smallest absolute Gasteiger partial charge is 0.269 e. The van der Waals surface area contributed by atoms with Crippen molar-refractivity contribution in [3.05, 3.63) is 17.5 Å². The first kappa shape index (κ1) is 14.7. The highest BCUT2D eigenvalue weighted by Gasteiger charge is 2.16. The Morgan fingerprint density at radius 1 is 1.61 bits per heavy atom. The molecular formula is C12H22N4O2. The van der Waals surface area contributed by atoms with Crippen molar-refractivity contribution in [2.24, 2.45) is 5.73 Å². The van der Waals surface area contributed by atoms with Gasteiger partial charge in [0.25, 0.3) is 5.91 Å². The molecule has 1 heterocycles. The molecule has 1 amide bonds. The summed E-state index contributed by atoms with van der Waals surface area (Å²) in [5, 5.41) is 16.3. The van der Waals surface area contributed by atoms with Gasteiger partial charge in [-0.3, -0.25) is 9.48 Å². The van der Waals surface area contributed by atoms with Crippen LogP contribution in [0.5, 0.6) is 0 Å². The molecule has 1 rings (SSSR count). The molecule has 0 spiro atoms. The van der Waals surface area contributed by atoms with E-state index in [9.17, 15) is 9.90 Å². The van der Waals surface area contributed by atoms with E-state index in [2.05, 4.69) is 10.4 Å². The number of hydrogen-bond acceptors (Lipinski definition) is 4. The molecule has 1 aromatic heterocycles. The van der Waals surface area contributed by atoms with E-state index in [0.29, 0.717) is 12.2 Å². The minimum Gasteiger partial charge on any atom is -0.392 e. The van der Waals surface area contributed by atoms with Crippen molar-refractivity contribution in [3.63, 3.8) is 0 Å². The zero-order valence-electron chi connectivity index (χ0n) is 11.2. The standard InChI is InChI=1S/C12H22N4O2/c1-4-9-6-11(16(5-2)15-9)12(18)14-7-10(13)8(3)17/h6,8,10,17H,4-5,7,13H2,1-3H3,(H,14,18). The fourth-order valence-corrected chi connectivity index (χ4v) is 1.54. The lowest BCUT2D eigenvalue weighted by Crippen LogP contribution is -2.44. The molecule has 6 nitrogen and oxygen atoms in total. The number of rotatable bonds is 6. The van der Waals surface area contributed by atoms with E-state index >= 15 is 0 Å². The van der Waals surface area contributed by atoms with Gasteiger partial charge in [0.1, 0.15) is 5.69 Å². The maximum atomic E-state index is 12.0. The molecule has 6 heteroatoms. The summed E-state index contributed by atoms with van der Waals surface area (Å²) in [4.78, 5) is 12.0. The van der Waals surface area contributed by atoms with Crippen molar-refractivity contribution in [1.29, 1.82) is 0 Å². The number of hydrogen-bond donors (Lipinski definition) is 3. The van der Waals surface area contributed by atoms with E-state index in [1.54, 1.807) is 17.7 Å². The summed E-state index contributed by atoms with van der Waals surface area (Å²) in [5.74, 6) is -0.208. The summed E-state index contributed by atoms with van der Waals surface area (Å²) in [6.45, 7) is 6.42. The van der Waals surface area contributed by atoms with Crippen LogP contribution in [0.3, 0.4) is 0 Å². The van der Waals surface area contributed by atoms with Gasteiger partial charge in [-0.05, 0) is 26.3 Å². The number of aliphatic hydroxyl groups is 1. The van der Waals surface area contributed by atoms with Gasteiger partial charge in [0.05, 0.1) is 11.8 Å². The largest absolute Gasteiger partial charge is 0.392 e. The first-order valence-electron chi connectivity index (χ1n) is 6.28. The molecule has 2 unspecified atom stereocenters. The summed E-state index contributed by atoms with van der Waals surface area (Å²) in [5.41, 5.74) is 7.08. The summed E-state index contributed by atoms with van der Waals surface area (Å²) in [6, 6.07) is 1.32. The maximum Gasteiger partial charge on any atom is 0.269 e. The van der Waals surface area contributed by atoms with Crippen LogP contribution in [0.15, 0.2) is 6.07 Å². The number of aryl methyl sites for hydroxylation is 2. The van der Waals surface area contributed by atoms with Crippen LogP contribution in [0, 0.1) is 0 Å². The minimum absolute atomic E-state index is 0.208. The first-order chi connectivity index (χ1) is 8.49. The third-order valence-electron chi connectivity index (χ3n) is 2.84. The fourth-order valence-electron chi connectivity index (χ4n) is 1.54. The van der Waals surface area contributed by atoms with Crippen molar-refractivity contribution in [2.75, 3.05) is 6.54 Å². The van der Waals surface area contributed by atoms with Gasteiger partial charge < -0.3 is 16.2 Å². The first-order valence-corrected chi connectivity index (χ1v) is 6.28. The van der Waals surface area contributed by atoms with Gasteiger partial charge in [-0.15, -0.1) is 0 Å². The van der Waals surface area contributed by atoms with Gasteiger partial charge >= 0.3 is 0 Å². The van der Waals surface area contributed by atoms with Crippen molar-refractivity contribution in [2.45, 2.75) is 45.9 Å². The SMILES string of the molecule is CCc1cc(C(=O)NCC(N)C(C)O)n(CC)n1. The van der Waals surface area contributed by atoms with Gasteiger partial charge in [-0.2, -0.15) is 5.10 Å². The van der Waals surface area contributed by atoms with E-state index in [-0.39, 0.29) is 12.5 Å². The van der Waals surface area contributed by atoms with Crippen molar-refractivity contribution >= 4 is 5.91 Å². The molecule has 0 saturated heterocycles. The molecule has 102 valence electrons. The van der Waals surface area contributed by atoms with Crippen LogP contribution < -0.4 is 11.1 Å². The normalized spacial score (nSPS) is 14.3. The second kappa shape index (κ2) is 6.51. The van der Waals surface area contributed by atoms with Crippen LogP contribution in [0.1, 0.15) is 37.0 Å². The average molecular weight is 254 g/mol. The van der Waals surface area contributed by atoms with Gasteiger partial charge in [0.2, 0.25) is 0 Å². The second-order valence-corrected chi connectivity index (χ2v) is 4.30. The summed E-state index contributed by atoms with van der Waals surface area (Å²) < 4.78 is 1.67. The Bertz CT molecular complexity index is 401. The number of nitrogens with zero attached hydrogens (tertiary/aromatic N) is 2. The molecule has 0 bridgehead atoms. The van der Waals surface area contributed by atoms with Crippen LogP contribution in [-0.2, 0) is 13.0 Å². The molecule has 18 heavy (non-hydrogen) atoms. The van der Waals surface area contributed by atoms with E-state index < -0.39 is 12.1 Å². The number of carbonyl (C=O) groups excluding carboxylic acids is 1. The summed E-state index contributed by atoms with van der Waals surface area (Å²) in [6.07, 6.45) is 0.146. The molecule has 0 aromatic carbocycles. The third-order valence-corrected chi connectivity index (χ3v) is 2.84. The van der Waals surface area contributed by atoms with Crippen LogP contribution in [0.2, 0.25) is 0 Å². The number of aromatic nitrogens is 2. The Labute approximate surface area is 107 Å². The van der Waals surface area contributed by atoms with Crippen molar-refractivity contribution in [3.8, 4) is 0 Å². The zero-order valence-corrected chi connectivity index (χ0v) is 11.2. The van der Waals surface area contributed by atoms with Gasteiger partial charge in [0, 0.05) is 19.1 Å². The molecular weight excluding hydrogens is 232 g/mol. The lowest BCUT2D eigenvalue weighted by Gasteiger charge is -2.15. The number of carbonyl (C=O) groups is 1. The Balaban J connectivity index is 2.69. The summed E-state index contributed by atoms with van der Waals surface area (Å²) in [7, 11) is 0. The number of nitrogens with one attached hydrogen (secondary N) is 1. The lowest BCUT2D eigenvalue weighted by atomic mass is 10.2. The molecule has 0 aliphatic heterocycles. The molecule has 2 atom stereocenters. The minimum atomic E-state index is -0.646. The highest BCUT2D eigenvalue weighted by atomic mass is 16.3. The van der Waals surface area contributed by atoms with Gasteiger partial charge in [-0.1, -0.05) is 6.92 Å². The number of amides is 1. The third kappa shape index (κ3) is 3.54. The summed E-state index contributed by atoms with van der Waals surface area (Å²) >= 11 is 0. The monoisotopic (exact) mass is 254 g/mol. The van der Waals surface area contributed by atoms with Crippen molar-refractivity contribution < 1.29 is 9.90 Å². The molecule has 4 N–H and O–H groups in total. The Kier molecular flexibility index (Phi) is 5.30. The fraction of sp³-hybridized carbons (Fsp3) is 0.667. The molecule has 0 aliphatic rings. The van der Waals surface area contributed by atoms with E-state index in [0.717, 1.165) is 12.1 Å². The molecule has 1 aromatic rings. The second-order valence-electron chi connectivity index (χ2n) is 4.30. The molecule has 0 fully saturated rings. The lowest BCUT2D eigenvalue weighted by molar-refractivity contribution is 0.0927. The van der Waals surface area contributed by atoms with E-state index in [1.165, 1.54) is 0 Å². The van der Waals surface area contributed by atoms with Crippen LogP contribution in [0.25, 0.3) is 0 Å². The van der Waals surface area contributed by atoms with Crippen LogP contribution >= 0.6 is 0 Å². The topological polar surface area (TPSA) is 93.2 Å². The molecule has 0 saturated carbocycles. The van der Waals surface area contributed by atoms with Gasteiger partial charge in [-0.25, -0.2) is 0 Å². The Morgan fingerprint density at radius 3 is 2.78 bits per heavy atom. The zero-order chi connectivity index (χ0) is 13.7. The maximum absolute atomic E-state index is 12.0. The van der Waals surface area contributed by atoms with Crippen LogP contribution in [0.4, 0.5) is 0 Å². The Hall–Kier alpha value is -1.40. The van der Waals surface area contributed by atoms with E-state index in [1.807, 2.05) is 13.8 Å². The van der Waals surface area contributed by atoms with Crippen LogP contribution in [-0.4, -0.2) is 39.5 Å². The Morgan fingerprint density at radius 2 is 2.28 bits per heavy atom. The number of nitrogens with two attached hydrogens (primary N) is 1.